The molecule has 11 heteroatoms. The molecule has 0 aromatic heterocycles. The van der Waals surface area contributed by atoms with E-state index in [1.165, 1.54) is 25.2 Å². The fourth-order valence-electron chi connectivity index (χ4n) is 4.61. The second-order valence-corrected chi connectivity index (χ2v) is 9.96. The number of aliphatic hydroxyl groups excluding tert-OH is 1. The molecule has 1 aliphatic heterocycles. The van der Waals surface area contributed by atoms with E-state index >= 15 is 0 Å². The Balaban J connectivity index is 1.96. The molecule has 1 amide bonds. The van der Waals surface area contributed by atoms with E-state index in [1.807, 2.05) is 31.1 Å². The van der Waals surface area contributed by atoms with E-state index in [1.54, 1.807) is 36.4 Å². The lowest BCUT2D eigenvalue weighted by atomic mass is 9.94. The van der Waals surface area contributed by atoms with E-state index in [-0.39, 0.29) is 39.1 Å². The fraction of sp³-hybridized carbons (Fsp3) is 0.207. The minimum Gasteiger partial charge on any atom is -0.507 e. The Morgan fingerprint density at radius 2 is 1.55 bits per heavy atom. The van der Waals surface area contributed by atoms with Crippen LogP contribution in [0.15, 0.2) is 60.2 Å². The van der Waals surface area contributed by atoms with E-state index < -0.39 is 29.5 Å². The van der Waals surface area contributed by atoms with E-state index in [0.29, 0.717) is 16.8 Å². The van der Waals surface area contributed by atoms with Gasteiger partial charge in [0.25, 0.3) is 11.7 Å². The molecule has 9 nitrogen and oxygen atoms in total. The molecule has 1 saturated heterocycles. The molecule has 0 radical (unpaired) electrons. The first-order chi connectivity index (χ1) is 19.0. The smallest absolute Gasteiger partial charge is 0.307 e. The standard InChI is InChI=1S/C29H26Cl2N2O7/c1-32(2)17-11-7-16(8-12-17)24-22(25(36)19-14-20(30)28(40-4)23(31)27(19)39-3)26(37)29(38)33(24)18-9-5-15(6-10-18)13-21(34)35/h5-12,14,24,36H,13H2,1-4H3,(H,34,35)/b25-22+. The maximum Gasteiger partial charge on any atom is 0.307 e. The summed E-state index contributed by atoms with van der Waals surface area (Å²) in [7, 11) is 6.46. The van der Waals surface area contributed by atoms with E-state index in [9.17, 15) is 19.5 Å². The van der Waals surface area contributed by atoms with E-state index in [4.69, 9.17) is 37.8 Å². The Morgan fingerprint density at radius 1 is 0.950 bits per heavy atom. The average molecular weight is 585 g/mol. The van der Waals surface area contributed by atoms with Gasteiger partial charge in [0.1, 0.15) is 10.8 Å². The third kappa shape index (κ3) is 5.17. The van der Waals surface area contributed by atoms with Crippen molar-refractivity contribution in [3.63, 3.8) is 0 Å². The summed E-state index contributed by atoms with van der Waals surface area (Å²) < 4.78 is 10.7. The van der Waals surface area contributed by atoms with Gasteiger partial charge in [-0.05, 0) is 41.5 Å². The number of anilines is 2. The van der Waals surface area contributed by atoms with Gasteiger partial charge in [0.2, 0.25) is 0 Å². The van der Waals surface area contributed by atoms with Crippen LogP contribution in [0.25, 0.3) is 5.76 Å². The van der Waals surface area contributed by atoms with Gasteiger partial charge >= 0.3 is 5.97 Å². The Kier molecular flexibility index (Phi) is 8.27. The molecule has 4 rings (SSSR count). The molecule has 1 unspecified atom stereocenters. The largest absolute Gasteiger partial charge is 0.507 e. The first-order valence-corrected chi connectivity index (χ1v) is 12.7. The van der Waals surface area contributed by atoms with Crippen LogP contribution in [0.2, 0.25) is 10.0 Å². The highest BCUT2D eigenvalue weighted by Gasteiger charge is 2.47. The lowest BCUT2D eigenvalue weighted by Crippen LogP contribution is -2.29. The number of hydrogen-bond acceptors (Lipinski definition) is 7. The SMILES string of the molecule is COc1c(Cl)cc(/C(O)=C2\C(=O)C(=O)N(c3ccc(CC(=O)O)cc3)C2c2ccc(N(C)C)cc2)c(OC)c1Cl. The number of carbonyl (C=O) groups is 3. The van der Waals surface area contributed by atoms with Crippen LogP contribution in [0.5, 0.6) is 11.5 Å². The normalized spacial score (nSPS) is 16.2. The highest BCUT2D eigenvalue weighted by molar-refractivity contribution is 6.52. The molecule has 0 spiro atoms. The summed E-state index contributed by atoms with van der Waals surface area (Å²) in [4.78, 5) is 41.3. The molecule has 0 bridgehead atoms. The number of hydrogen-bond donors (Lipinski definition) is 2. The van der Waals surface area contributed by atoms with Crippen LogP contribution in [0.3, 0.4) is 0 Å². The number of carboxylic acid groups (broad SMARTS) is 1. The van der Waals surface area contributed by atoms with Crippen LogP contribution in [0.4, 0.5) is 11.4 Å². The van der Waals surface area contributed by atoms with Gasteiger partial charge in [0, 0.05) is 25.5 Å². The number of carbonyl (C=O) groups excluding carboxylic acids is 2. The quantitative estimate of drug-likeness (QED) is 0.207. The van der Waals surface area contributed by atoms with E-state index in [0.717, 1.165) is 5.69 Å². The highest BCUT2D eigenvalue weighted by Crippen LogP contribution is 2.48. The molecule has 0 saturated carbocycles. The molecule has 40 heavy (non-hydrogen) atoms. The van der Waals surface area contributed by atoms with E-state index in [2.05, 4.69) is 0 Å². The molecular formula is C29H26Cl2N2O7. The van der Waals surface area contributed by atoms with Crippen molar-refractivity contribution >= 4 is 58.0 Å². The number of carboxylic acids is 1. The molecule has 1 fully saturated rings. The molecular weight excluding hydrogens is 559 g/mol. The van der Waals surface area contributed by atoms with Gasteiger partial charge in [0.05, 0.1) is 42.8 Å². The van der Waals surface area contributed by atoms with Crippen molar-refractivity contribution in [2.24, 2.45) is 0 Å². The summed E-state index contributed by atoms with van der Waals surface area (Å²) in [6.07, 6.45) is -0.201. The van der Waals surface area contributed by atoms with Crippen molar-refractivity contribution in [1.82, 2.24) is 0 Å². The number of methoxy groups -OCH3 is 2. The van der Waals surface area contributed by atoms with Crippen LogP contribution in [-0.2, 0) is 20.8 Å². The third-order valence-corrected chi connectivity index (χ3v) is 7.16. The Morgan fingerprint density at radius 3 is 2.08 bits per heavy atom. The zero-order valence-corrected chi connectivity index (χ0v) is 23.6. The zero-order valence-electron chi connectivity index (χ0n) is 22.1. The van der Waals surface area contributed by atoms with Crippen LogP contribution < -0.4 is 19.3 Å². The fourth-order valence-corrected chi connectivity index (χ4v) is 5.30. The summed E-state index contributed by atoms with van der Waals surface area (Å²) in [5.41, 5.74) is 2.09. The number of amides is 1. The van der Waals surface area contributed by atoms with Crippen molar-refractivity contribution in [2.45, 2.75) is 12.5 Å². The monoisotopic (exact) mass is 584 g/mol. The van der Waals surface area contributed by atoms with Crippen molar-refractivity contribution in [1.29, 1.82) is 0 Å². The number of ether oxygens (including phenoxy) is 2. The van der Waals surface area contributed by atoms with Gasteiger partial charge in [-0.2, -0.15) is 0 Å². The number of halogens is 2. The first-order valence-electron chi connectivity index (χ1n) is 12.0. The lowest BCUT2D eigenvalue weighted by Gasteiger charge is -2.26. The summed E-state index contributed by atoms with van der Waals surface area (Å²) in [5.74, 6) is -3.22. The maximum atomic E-state index is 13.5. The number of aliphatic hydroxyl groups is 1. The van der Waals surface area contributed by atoms with Crippen LogP contribution in [0, 0.1) is 0 Å². The number of nitrogens with zero attached hydrogens (tertiary/aromatic N) is 2. The Labute approximate surface area is 240 Å². The second kappa shape index (κ2) is 11.5. The average Bonchev–Trinajstić information content (AvgIpc) is 3.18. The lowest BCUT2D eigenvalue weighted by molar-refractivity contribution is -0.136. The van der Waals surface area contributed by atoms with Crippen molar-refractivity contribution in [2.75, 3.05) is 38.1 Å². The minimum absolute atomic E-state index is 0.00279. The summed E-state index contributed by atoms with van der Waals surface area (Å²) >= 11 is 12.8. The number of rotatable bonds is 8. The topological polar surface area (TPSA) is 117 Å². The number of ketones is 1. The van der Waals surface area contributed by atoms with Crippen molar-refractivity contribution < 1.29 is 34.1 Å². The summed E-state index contributed by atoms with van der Waals surface area (Å²) in [6.45, 7) is 0. The predicted octanol–water partition coefficient (Wildman–Crippen LogP) is 5.33. The zero-order chi connectivity index (χ0) is 29.3. The van der Waals surface area contributed by atoms with Gasteiger partial charge in [-0.25, -0.2) is 0 Å². The third-order valence-electron chi connectivity index (χ3n) is 6.53. The van der Waals surface area contributed by atoms with Gasteiger partial charge in [-0.3, -0.25) is 19.3 Å². The number of Topliss-reactive ketones (excluding diaryl/α,β-unsaturated/α-hetero) is 1. The van der Waals surface area contributed by atoms with Gasteiger partial charge in [0.15, 0.2) is 11.5 Å². The molecule has 1 heterocycles. The predicted molar refractivity (Wildman–Crippen MR) is 153 cm³/mol. The molecule has 3 aromatic rings. The Bertz CT molecular complexity index is 1520. The molecule has 208 valence electrons. The molecule has 0 aliphatic carbocycles. The van der Waals surface area contributed by atoms with Gasteiger partial charge in [-0.1, -0.05) is 47.5 Å². The minimum atomic E-state index is -1.04. The van der Waals surface area contributed by atoms with Crippen molar-refractivity contribution in [3.8, 4) is 11.5 Å². The van der Waals surface area contributed by atoms with Gasteiger partial charge < -0.3 is 24.6 Å². The van der Waals surface area contributed by atoms with Crippen LogP contribution in [0.1, 0.15) is 22.7 Å². The molecule has 1 aliphatic rings. The Hall–Kier alpha value is -4.21. The second-order valence-electron chi connectivity index (χ2n) is 9.18. The van der Waals surface area contributed by atoms with Gasteiger partial charge in [-0.15, -0.1) is 0 Å². The number of benzene rings is 3. The molecule has 2 N–H and O–H groups in total. The summed E-state index contributed by atoms with van der Waals surface area (Å²) in [5, 5.41) is 20.7. The first kappa shape index (κ1) is 28.8. The maximum absolute atomic E-state index is 13.5. The highest BCUT2D eigenvalue weighted by atomic mass is 35.5. The molecule has 1 atom stereocenters. The van der Waals surface area contributed by atoms with Crippen LogP contribution >= 0.6 is 23.2 Å². The summed E-state index contributed by atoms with van der Waals surface area (Å²) in [6, 6.07) is 13.7. The van der Waals surface area contributed by atoms with Crippen molar-refractivity contribution in [3.05, 3.63) is 86.9 Å². The molecule has 3 aromatic carbocycles. The van der Waals surface area contributed by atoms with Crippen LogP contribution in [-0.4, -0.2) is 56.2 Å². The number of aliphatic carboxylic acids is 1.